The molecule has 1 aliphatic heterocycles. The van der Waals surface area contributed by atoms with Crippen LogP contribution in [0, 0.1) is 13.8 Å². The number of hydrogen-bond acceptors (Lipinski definition) is 6. The molecule has 26 heavy (non-hydrogen) atoms. The zero-order chi connectivity index (χ0) is 18.4. The summed E-state index contributed by atoms with van der Waals surface area (Å²) in [4.78, 5) is 20.7. The average molecular weight is 375 g/mol. The molecule has 3 rings (SSSR count). The number of hydrogen-bond donors (Lipinski definition) is 1. The van der Waals surface area contributed by atoms with Crippen LogP contribution in [0.1, 0.15) is 11.1 Å². The molecule has 0 unspecified atom stereocenters. The number of carbonyl (C=O) groups is 1. The summed E-state index contributed by atoms with van der Waals surface area (Å²) in [5.74, 6) is 0.942. The van der Waals surface area contributed by atoms with E-state index < -0.39 is 0 Å². The second-order valence-corrected chi connectivity index (χ2v) is 7.49. The molecule has 1 fully saturated rings. The van der Waals surface area contributed by atoms with Crippen molar-refractivity contribution in [2.24, 2.45) is 0 Å². The van der Waals surface area contributed by atoms with Gasteiger partial charge in [-0.1, -0.05) is 6.07 Å². The van der Waals surface area contributed by atoms with Crippen molar-refractivity contribution in [3.8, 4) is 5.75 Å². The van der Waals surface area contributed by atoms with Gasteiger partial charge in [0.25, 0.3) is 0 Å². The van der Waals surface area contributed by atoms with E-state index in [9.17, 15) is 4.79 Å². The van der Waals surface area contributed by atoms with Gasteiger partial charge in [-0.25, -0.2) is 4.98 Å². The number of amides is 1. The molecule has 2 aromatic rings. The molecule has 0 aliphatic carbocycles. The number of nitrogens with zero attached hydrogens (tertiary/aromatic N) is 3. The Kier molecular flexibility index (Phi) is 6.60. The third-order valence-corrected chi connectivity index (χ3v) is 5.35. The van der Waals surface area contributed by atoms with Crippen molar-refractivity contribution >= 4 is 22.4 Å². The third-order valence-electron chi connectivity index (χ3n) is 4.67. The summed E-state index contributed by atoms with van der Waals surface area (Å²) in [7, 11) is 0. The monoisotopic (exact) mass is 374 g/mol. The second-order valence-electron chi connectivity index (χ2n) is 6.60. The number of aryl methyl sites for hydroxylation is 2. The van der Waals surface area contributed by atoms with E-state index in [1.54, 1.807) is 6.20 Å². The van der Waals surface area contributed by atoms with Gasteiger partial charge in [-0.05, 0) is 37.1 Å². The van der Waals surface area contributed by atoms with E-state index in [1.165, 1.54) is 22.5 Å². The SMILES string of the molecule is Cc1ccc(OCCN2CCN(CC(=O)Nc3nccs3)CC2)cc1C. The first-order chi connectivity index (χ1) is 12.6. The smallest absolute Gasteiger partial charge is 0.240 e. The second kappa shape index (κ2) is 9.12. The minimum atomic E-state index is 0.00599. The molecule has 0 radical (unpaired) electrons. The maximum absolute atomic E-state index is 12.0. The number of anilines is 1. The van der Waals surface area contributed by atoms with Crippen LogP contribution in [0.2, 0.25) is 0 Å². The predicted molar refractivity (Wildman–Crippen MR) is 105 cm³/mol. The number of piperazine rings is 1. The molecule has 0 saturated carbocycles. The molecule has 6 nitrogen and oxygen atoms in total. The fourth-order valence-electron chi connectivity index (χ4n) is 2.91. The molecular weight excluding hydrogens is 348 g/mol. The molecule has 1 aromatic carbocycles. The summed E-state index contributed by atoms with van der Waals surface area (Å²) >= 11 is 1.44. The number of rotatable bonds is 7. The van der Waals surface area contributed by atoms with E-state index in [1.807, 2.05) is 11.4 Å². The van der Waals surface area contributed by atoms with Crippen LogP contribution in [0.25, 0.3) is 0 Å². The van der Waals surface area contributed by atoms with Crippen molar-refractivity contribution in [2.45, 2.75) is 13.8 Å². The van der Waals surface area contributed by atoms with E-state index in [4.69, 9.17) is 4.74 Å². The van der Waals surface area contributed by atoms with Crippen LogP contribution < -0.4 is 10.1 Å². The number of thiazole rings is 1. The van der Waals surface area contributed by atoms with Crippen molar-refractivity contribution in [3.63, 3.8) is 0 Å². The number of benzene rings is 1. The van der Waals surface area contributed by atoms with Gasteiger partial charge in [0.05, 0.1) is 6.54 Å². The Labute approximate surface area is 158 Å². The lowest BCUT2D eigenvalue weighted by molar-refractivity contribution is -0.117. The largest absolute Gasteiger partial charge is 0.492 e. The first kappa shape index (κ1) is 18.8. The maximum atomic E-state index is 12.0. The summed E-state index contributed by atoms with van der Waals surface area (Å²) in [5, 5.41) is 5.35. The minimum absolute atomic E-state index is 0.00599. The number of nitrogens with one attached hydrogen (secondary N) is 1. The molecule has 2 heterocycles. The van der Waals surface area contributed by atoms with Crippen LogP contribution in [-0.4, -0.2) is 66.6 Å². The van der Waals surface area contributed by atoms with Crippen LogP contribution in [-0.2, 0) is 4.79 Å². The van der Waals surface area contributed by atoms with Crippen LogP contribution in [0.15, 0.2) is 29.8 Å². The summed E-state index contributed by atoms with van der Waals surface area (Å²) in [6, 6.07) is 6.22. The van der Waals surface area contributed by atoms with Crippen molar-refractivity contribution < 1.29 is 9.53 Å². The Morgan fingerprint density at radius 1 is 1.19 bits per heavy atom. The maximum Gasteiger partial charge on any atom is 0.240 e. The van der Waals surface area contributed by atoms with E-state index in [0.29, 0.717) is 18.3 Å². The fraction of sp³-hybridized carbons (Fsp3) is 0.474. The van der Waals surface area contributed by atoms with Gasteiger partial charge in [0.1, 0.15) is 12.4 Å². The van der Waals surface area contributed by atoms with Crippen molar-refractivity contribution in [2.75, 3.05) is 51.2 Å². The predicted octanol–water partition coefficient (Wildman–Crippen LogP) is 2.40. The molecule has 1 N–H and O–H groups in total. The molecule has 1 saturated heterocycles. The first-order valence-electron chi connectivity index (χ1n) is 8.94. The zero-order valence-corrected chi connectivity index (χ0v) is 16.2. The van der Waals surface area contributed by atoms with Gasteiger partial charge in [-0.2, -0.15) is 0 Å². The topological polar surface area (TPSA) is 57.7 Å². The minimum Gasteiger partial charge on any atom is -0.492 e. The Hall–Kier alpha value is -1.96. The highest BCUT2D eigenvalue weighted by Crippen LogP contribution is 2.16. The van der Waals surface area contributed by atoms with Crippen molar-refractivity contribution in [1.29, 1.82) is 0 Å². The fourth-order valence-corrected chi connectivity index (χ4v) is 3.46. The number of carbonyl (C=O) groups excluding carboxylic acids is 1. The quantitative estimate of drug-likeness (QED) is 0.806. The van der Waals surface area contributed by atoms with Gasteiger partial charge in [0.15, 0.2) is 5.13 Å². The van der Waals surface area contributed by atoms with Crippen molar-refractivity contribution in [3.05, 3.63) is 40.9 Å². The van der Waals surface area contributed by atoms with Crippen LogP contribution >= 0.6 is 11.3 Å². The lowest BCUT2D eigenvalue weighted by Gasteiger charge is -2.34. The van der Waals surface area contributed by atoms with Gasteiger partial charge in [0.2, 0.25) is 5.91 Å². The molecule has 0 atom stereocenters. The summed E-state index contributed by atoms with van der Waals surface area (Å²) in [5.41, 5.74) is 2.54. The molecule has 1 aliphatic rings. The Morgan fingerprint density at radius 3 is 2.65 bits per heavy atom. The van der Waals surface area contributed by atoms with E-state index >= 15 is 0 Å². The van der Waals surface area contributed by atoms with E-state index in [0.717, 1.165) is 38.5 Å². The van der Waals surface area contributed by atoms with Crippen LogP contribution in [0.3, 0.4) is 0 Å². The molecule has 1 amide bonds. The Bertz CT molecular complexity index is 712. The molecule has 1 aromatic heterocycles. The third kappa shape index (κ3) is 5.52. The number of ether oxygens (including phenoxy) is 1. The molecule has 0 spiro atoms. The average Bonchev–Trinajstić information content (AvgIpc) is 3.12. The first-order valence-corrected chi connectivity index (χ1v) is 9.82. The van der Waals surface area contributed by atoms with Gasteiger partial charge >= 0.3 is 0 Å². The van der Waals surface area contributed by atoms with Gasteiger partial charge in [-0.3, -0.25) is 14.6 Å². The molecule has 7 heteroatoms. The van der Waals surface area contributed by atoms with Crippen LogP contribution in [0.5, 0.6) is 5.75 Å². The molecule has 140 valence electrons. The van der Waals surface area contributed by atoms with Gasteiger partial charge < -0.3 is 10.1 Å². The zero-order valence-electron chi connectivity index (χ0n) is 15.4. The molecule has 0 bridgehead atoms. The summed E-state index contributed by atoms with van der Waals surface area (Å²) < 4.78 is 5.87. The Balaban J connectivity index is 1.33. The highest BCUT2D eigenvalue weighted by molar-refractivity contribution is 7.13. The summed E-state index contributed by atoms with van der Waals surface area (Å²) in [6.45, 7) is 9.94. The van der Waals surface area contributed by atoms with Gasteiger partial charge in [-0.15, -0.1) is 11.3 Å². The van der Waals surface area contributed by atoms with Crippen LogP contribution in [0.4, 0.5) is 5.13 Å². The van der Waals surface area contributed by atoms with E-state index in [-0.39, 0.29) is 5.91 Å². The van der Waals surface area contributed by atoms with Gasteiger partial charge in [0, 0.05) is 44.3 Å². The number of aromatic nitrogens is 1. The summed E-state index contributed by atoms with van der Waals surface area (Å²) in [6.07, 6.45) is 1.69. The highest BCUT2D eigenvalue weighted by atomic mass is 32.1. The normalized spacial score (nSPS) is 15.8. The Morgan fingerprint density at radius 2 is 1.96 bits per heavy atom. The standard InChI is InChI=1S/C19H26N4O2S/c1-15-3-4-17(13-16(15)2)25-11-10-22-6-8-23(9-7-22)14-18(24)21-19-20-5-12-26-19/h3-5,12-13H,6-11,14H2,1-2H3,(H,20,21,24). The van der Waals surface area contributed by atoms with E-state index in [2.05, 4.69) is 46.1 Å². The molecular formula is C19H26N4O2S. The lowest BCUT2D eigenvalue weighted by Crippen LogP contribution is -2.49. The van der Waals surface area contributed by atoms with Crippen molar-refractivity contribution in [1.82, 2.24) is 14.8 Å². The lowest BCUT2D eigenvalue weighted by atomic mass is 10.1. The highest BCUT2D eigenvalue weighted by Gasteiger charge is 2.19.